The fourth-order valence-electron chi connectivity index (χ4n) is 3.74. The van der Waals surface area contributed by atoms with Crippen LogP contribution < -0.4 is 16.4 Å². The Morgan fingerprint density at radius 2 is 2.11 bits per heavy atom. The number of rotatable bonds is 2. The van der Waals surface area contributed by atoms with Crippen LogP contribution in [0.4, 0.5) is 5.69 Å². The minimum absolute atomic E-state index is 0.00923. The van der Waals surface area contributed by atoms with Crippen molar-refractivity contribution in [3.63, 3.8) is 0 Å². The quantitative estimate of drug-likeness (QED) is 0.483. The summed E-state index contributed by atoms with van der Waals surface area (Å²) in [6.07, 6.45) is 0. The number of carbonyl (C=O) groups is 1. The smallest absolute Gasteiger partial charge is 0.263 e. The first-order valence-electron chi connectivity index (χ1n) is 9.34. The summed E-state index contributed by atoms with van der Waals surface area (Å²) in [5.41, 5.74) is 10.7. The number of pyridine rings is 1. The van der Waals surface area contributed by atoms with Crippen molar-refractivity contribution >= 4 is 43.9 Å². The van der Waals surface area contributed by atoms with Gasteiger partial charge in [-0.1, -0.05) is 18.2 Å². The summed E-state index contributed by atoms with van der Waals surface area (Å²) in [6.45, 7) is 3.22. The molecule has 2 aromatic heterocycles. The van der Waals surface area contributed by atoms with Crippen LogP contribution in [0.3, 0.4) is 0 Å². The second kappa shape index (κ2) is 6.58. The average Bonchev–Trinajstić information content (AvgIpc) is 3.04. The normalized spacial score (nSPS) is 16.5. The molecule has 1 atom stereocenters. The summed E-state index contributed by atoms with van der Waals surface area (Å²) in [5, 5.41) is 8.64. The Labute approximate surface area is 166 Å². The van der Waals surface area contributed by atoms with Crippen LogP contribution in [0.15, 0.2) is 48.5 Å². The summed E-state index contributed by atoms with van der Waals surface area (Å²) in [4.78, 5) is 18.2. The molecule has 0 spiro atoms. The van der Waals surface area contributed by atoms with Crippen molar-refractivity contribution in [3.05, 3.63) is 59.0 Å². The number of nitrogens with one attached hydrogen (secondary N) is 2. The molecule has 0 bridgehead atoms. The number of benzene rings is 2. The van der Waals surface area contributed by atoms with Gasteiger partial charge in [-0.15, -0.1) is 11.3 Å². The van der Waals surface area contributed by atoms with Gasteiger partial charge < -0.3 is 16.4 Å². The summed E-state index contributed by atoms with van der Waals surface area (Å²) < 4.78 is 1.09. The van der Waals surface area contributed by atoms with Crippen molar-refractivity contribution in [1.29, 1.82) is 0 Å². The van der Waals surface area contributed by atoms with Crippen LogP contribution in [0.1, 0.15) is 22.2 Å². The van der Waals surface area contributed by atoms with Gasteiger partial charge in [0.25, 0.3) is 5.91 Å². The van der Waals surface area contributed by atoms with Crippen molar-refractivity contribution < 1.29 is 4.79 Å². The fraction of sp³-hybridized carbons (Fsp3) is 0.182. The van der Waals surface area contributed by atoms with Gasteiger partial charge in [-0.05, 0) is 42.8 Å². The largest absolute Gasteiger partial charge is 0.381 e. The Balaban J connectivity index is 1.70. The molecule has 0 fully saturated rings. The first kappa shape index (κ1) is 17.2. The zero-order valence-electron chi connectivity index (χ0n) is 15.5. The fourth-order valence-corrected chi connectivity index (χ4v) is 4.84. The van der Waals surface area contributed by atoms with Crippen LogP contribution in [0.5, 0.6) is 0 Å². The van der Waals surface area contributed by atoms with Crippen LogP contribution in [0.2, 0.25) is 0 Å². The summed E-state index contributed by atoms with van der Waals surface area (Å²) >= 11 is 1.53. The van der Waals surface area contributed by atoms with E-state index in [1.807, 2.05) is 31.2 Å². The SMILES string of the molecule is CC1CNc2c(sc3ccc4nc(-c5cccc(CN)c5)ccc4c23)C(=O)N1. The molecule has 0 saturated carbocycles. The topological polar surface area (TPSA) is 80.0 Å². The molecule has 1 unspecified atom stereocenters. The lowest BCUT2D eigenvalue weighted by Gasteiger charge is -2.10. The number of hydrogen-bond acceptors (Lipinski definition) is 5. The van der Waals surface area contributed by atoms with Crippen LogP contribution in [0.25, 0.3) is 32.2 Å². The van der Waals surface area contributed by atoms with Crippen molar-refractivity contribution in [3.8, 4) is 11.3 Å². The van der Waals surface area contributed by atoms with E-state index in [2.05, 4.69) is 34.9 Å². The van der Waals surface area contributed by atoms with Crippen molar-refractivity contribution in [2.45, 2.75) is 19.5 Å². The van der Waals surface area contributed by atoms with Gasteiger partial charge in [0.05, 0.1) is 16.9 Å². The Kier molecular flexibility index (Phi) is 4.03. The average molecular weight is 388 g/mol. The predicted octanol–water partition coefficient (Wildman–Crippen LogP) is 4.12. The molecular formula is C22H20N4OS. The lowest BCUT2D eigenvalue weighted by Crippen LogP contribution is -2.34. The third kappa shape index (κ3) is 2.73. The molecule has 4 N–H and O–H groups in total. The van der Waals surface area contributed by atoms with Gasteiger partial charge in [-0.3, -0.25) is 4.79 Å². The summed E-state index contributed by atoms with van der Waals surface area (Å²) in [6, 6.07) is 16.5. The second-order valence-corrected chi connectivity index (χ2v) is 8.22. The number of thiophene rings is 1. The monoisotopic (exact) mass is 388 g/mol. The molecule has 3 heterocycles. The maximum absolute atomic E-state index is 12.6. The highest BCUT2D eigenvalue weighted by atomic mass is 32.1. The molecular weight excluding hydrogens is 368 g/mol. The van der Waals surface area contributed by atoms with E-state index >= 15 is 0 Å². The Morgan fingerprint density at radius 1 is 1.21 bits per heavy atom. The second-order valence-electron chi connectivity index (χ2n) is 7.17. The zero-order chi connectivity index (χ0) is 19.3. The van der Waals surface area contributed by atoms with Gasteiger partial charge in [0.2, 0.25) is 0 Å². The lowest BCUT2D eigenvalue weighted by molar-refractivity contribution is 0.0949. The van der Waals surface area contributed by atoms with E-state index in [1.54, 1.807) is 0 Å². The number of hydrogen-bond donors (Lipinski definition) is 3. The van der Waals surface area contributed by atoms with E-state index in [1.165, 1.54) is 11.3 Å². The van der Waals surface area contributed by atoms with E-state index in [0.717, 1.165) is 48.4 Å². The van der Waals surface area contributed by atoms with Gasteiger partial charge in [-0.2, -0.15) is 0 Å². The molecule has 1 amide bonds. The van der Waals surface area contributed by atoms with Gasteiger partial charge in [0.1, 0.15) is 4.88 Å². The molecule has 4 aromatic rings. The minimum Gasteiger partial charge on any atom is -0.381 e. The third-order valence-electron chi connectivity index (χ3n) is 5.15. The molecule has 140 valence electrons. The van der Waals surface area contributed by atoms with Crippen molar-refractivity contribution in [2.24, 2.45) is 5.73 Å². The van der Waals surface area contributed by atoms with E-state index in [-0.39, 0.29) is 11.9 Å². The predicted molar refractivity (Wildman–Crippen MR) is 116 cm³/mol. The molecule has 0 aliphatic carbocycles. The number of nitrogens with two attached hydrogens (primary N) is 1. The van der Waals surface area contributed by atoms with Crippen LogP contribution in [-0.4, -0.2) is 23.5 Å². The minimum atomic E-state index is -0.00923. The lowest BCUT2D eigenvalue weighted by atomic mass is 10.0. The highest BCUT2D eigenvalue weighted by Crippen LogP contribution is 2.41. The number of aromatic nitrogens is 1. The standard InChI is InChI=1S/C22H20N4OS/c1-12-11-24-20-19-15-5-6-16(14-4-2-3-13(9-14)10-23)26-17(15)7-8-18(19)28-21(20)22(27)25-12/h2-9,12,24H,10-11,23H2,1H3,(H,25,27). The van der Waals surface area contributed by atoms with Crippen LogP contribution in [-0.2, 0) is 6.54 Å². The molecule has 28 heavy (non-hydrogen) atoms. The molecule has 6 heteroatoms. The van der Waals surface area contributed by atoms with E-state index in [4.69, 9.17) is 10.7 Å². The number of amides is 1. The molecule has 2 aromatic carbocycles. The molecule has 5 rings (SSSR count). The number of fused-ring (bicyclic) bond motifs is 5. The van der Waals surface area contributed by atoms with Gasteiger partial charge in [-0.25, -0.2) is 4.98 Å². The summed E-state index contributed by atoms with van der Waals surface area (Å²) in [5.74, 6) is -0.00923. The first-order valence-corrected chi connectivity index (χ1v) is 10.2. The number of carbonyl (C=O) groups excluding carboxylic acids is 1. The maximum Gasteiger partial charge on any atom is 0.263 e. The molecule has 1 aliphatic rings. The molecule has 1 aliphatic heterocycles. The van der Waals surface area contributed by atoms with Crippen LogP contribution in [0, 0.1) is 0 Å². The molecule has 0 radical (unpaired) electrons. The van der Waals surface area contributed by atoms with Gasteiger partial charge >= 0.3 is 0 Å². The Morgan fingerprint density at radius 3 is 2.96 bits per heavy atom. The van der Waals surface area contributed by atoms with Gasteiger partial charge in [0.15, 0.2) is 0 Å². The number of nitrogens with zero attached hydrogens (tertiary/aromatic N) is 1. The highest BCUT2D eigenvalue weighted by Gasteiger charge is 2.24. The third-order valence-corrected chi connectivity index (χ3v) is 6.30. The van der Waals surface area contributed by atoms with E-state index in [0.29, 0.717) is 13.1 Å². The van der Waals surface area contributed by atoms with E-state index in [9.17, 15) is 4.79 Å². The summed E-state index contributed by atoms with van der Waals surface area (Å²) in [7, 11) is 0. The molecule has 0 saturated heterocycles. The maximum atomic E-state index is 12.6. The molecule has 5 nitrogen and oxygen atoms in total. The first-order chi connectivity index (χ1) is 13.6. The van der Waals surface area contributed by atoms with E-state index < -0.39 is 0 Å². The van der Waals surface area contributed by atoms with Gasteiger partial charge in [0, 0.05) is 40.2 Å². The zero-order valence-corrected chi connectivity index (χ0v) is 16.3. The van der Waals surface area contributed by atoms with Crippen molar-refractivity contribution in [1.82, 2.24) is 10.3 Å². The Bertz CT molecular complexity index is 1230. The highest BCUT2D eigenvalue weighted by molar-refractivity contribution is 7.21. The Hall–Kier alpha value is -2.96. The van der Waals surface area contributed by atoms with Crippen molar-refractivity contribution in [2.75, 3.05) is 11.9 Å². The van der Waals surface area contributed by atoms with Crippen LogP contribution >= 0.6 is 11.3 Å². The number of anilines is 1.